The number of thioether (sulfide) groups is 1. The molecule has 0 atom stereocenters. The highest BCUT2D eigenvalue weighted by molar-refractivity contribution is 7.98. The molecule has 142 valence electrons. The van der Waals surface area contributed by atoms with E-state index in [2.05, 4.69) is 30.8 Å². The van der Waals surface area contributed by atoms with Gasteiger partial charge in [0.05, 0.1) is 24.7 Å². The van der Waals surface area contributed by atoms with E-state index in [1.807, 2.05) is 12.3 Å². The molecule has 27 heavy (non-hydrogen) atoms. The first-order valence-electron chi connectivity index (χ1n) is 7.78. The van der Waals surface area contributed by atoms with Crippen molar-refractivity contribution in [2.75, 3.05) is 19.0 Å². The van der Waals surface area contributed by atoms with Gasteiger partial charge in [-0.3, -0.25) is 15.1 Å². The molecule has 0 aliphatic heterocycles. The number of aromatic nitrogens is 6. The highest BCUT2D eigenvalue weighted by atomic mass is 32.2. The van der Waals surface area contributed by atoms with Crippen molar-refractivity contribution in [3.05, 3.63) is 29.0 Å². The lowest BCUT2D eigenvalue weighted by molar-refractivity contribution is -0.118. The van der Waals surface area contributed by atoms with Crippen LogP contribution in [0.5, 0.6) is 11.5 Å². The fourth-order valence-electron chi connectivity index (χ4n) is 2.00. The third-order valence-electron chi connectivity index (χ3n) is 3.26. The molecule has 3 aromatic rings. The summed E-state index contributed by atoms with van der Waals surface area (Å²) in [6, 6.07) is 1.73. The quantitative estimate of drug-likeness (QED) is 0.557. The van der Waals surface area contributed by atoms with Crippen molar-refractivity contribution in [3.8, 4) is 11.5 Å². The summed E-state index contributed by atoms with van der Waals surface area (Å²) in [5.41, 5.74) is 1.60. The number of carbonyl (C=O) groups is 1. The number of ether oxygens (including phenoxy) is 2. The normalized spacial score (nSPS) is 10.6. The summed E-state index contributed by atoms with van der Waals surface area (Å²) in [5, 5.41) is 17.0. The summed E-state index contributed by atoms with van der Waals surface area (Å²) in [4.78, 5) is 20.6. The van der Waals surface area contributed by atoms with E-state index in [-0.39, 0.29) is 12.5 Å². The van der Waals surface area contributed by atoms with Crippen molar-refractivity contribution >= 4 is 34.1 Å². The van der Waals surface area contributed by atoms with Gasteiger partial charge in [0.2, 0.25) is 5.16 Å². The second kappa shape index (κ2) is 8.77. The number of nitrogens with zero attached hydrogens (tertiary/aromatic N) is 6. The molecule has 3 aromatic heterocycles. The SMILES string of the molecule is COc1cnc(CSc2nnnn2C)cc1OCC(=O)Nc1nc(C)cs1. The molecule has 0 aliphatic rings. The number of pyridine rings is 1. The molecule has 10 nitrogen and oxygen atoms in total. The molecule has 0 saturated carbocycles. The first-order chi connectivity index (χ1) is 13.0. The molecule has 0 aliphatic carbocycles. The van der Waals surface area contributed by atoms with Crippen LogP contribution < -0.4 is 14.8 Å². The molecule has 3 heterocycles. The van der Waals surface area contributed by atoms with E-state index in [0.717, 1.165) is 11.4 Å². The summed E-state index contributed by atoms with van der Waals surface area (Å²) in [6.07, 6.45) is 1.56. The van der Waals surface area contributed by atoms with Crippen LogP contribution in [-0.4, -0.2) is 49.8 Å². The first-order valence-corrected chi connectivity index (χ1v) is 9.64. The number of methoxy groups -OCH3 is 1. The maximum atomic E-state index is 12.0. The number of hydrogen-bond acceptors (Lipinski definition) is 10. The lowest BCUT2D eigenvalue weighted by atomic mass is 10.3. The molecule has 0 bridgehead atoms. The zero-order chi connectivity index (χ0) is 19.2. The van der Waals surface area contributed by atoms with Crippen molar-refractivity contribution < 1.29 is 14.3 Å². The maximum absolute atomic E-state index is 12.0. The van der Waals surface area contributed by atoms with E-state index in [1.165, 1.54) is 30.2 Å². The fourth-order valence-corrected chi connectivity index (χ4v) is 3.46. The number of thiazole rings is 1. The maximum Gasteiger partial charge on any atom is 0.264 e. The Balaban J connectivity index is 1.61. The molecular formula is C15H17N7O3S2. The minimum absolute atomic E-state index is 0.168. The predicted octanol–water partition coefficient (Wildman–Crippen LogP) is 1.69. The van der Waals surface area contributed by atoms with Crippen molar-refractivity contribution in [2.45, 2.75) is 17.8 Å². The van der Waals surface area contributed by atoms with Crippen LogP contribution in [0.1, 0.15) is 11.4 Å². The predicted molar refractivity (Wildman–Crippen MR) is 100 cm³/mol. The number of tetrazole rings is 1. The van der Waals surface area contributed by atoms with Crippen LogP contribution in [0.15, 0.2) is 22.8 Å². The van der Waals surface area contributed by atoms with Gasteiger partial charge in [0, 0.05) is 24.2 Å². The lowest BCUT2D eigenvalue weighted by Gasteiger charge is -2.11. The largest absolute Gasteiger partial charge is 0.491 e. The van der Waals surface area contributed by atoms with Crippen molar-refractivity contribution in [2.24, 2.45) is 7.05 Å². The monoisotopic (exact) mass is 407 g/mol. The Morgan fingerprint density at radius 1 is 1.41 bits per heavy atom. The molecule has 0 spiro atoms. The lowest BCUT2D eigenvalue weighted by Crippen LogP contribution is -2.20. The van der Waals surface area contributed by atoms with Gasteiger partial charge in [0.25, 0.3) is 5.91 Å². The van der Waals surface area contributed by atoms with E-state index in [0.29, 0.717) is 27.5 Å². The summed E-state index contributed by atoms with van der Waals surface area (Å²) >= 11 is 2.80. The van der Waals surface area contributed by atoms with Gasteiger partial charge in [0.1, 0.15) is 0 Å². The van der Waals surface area contributed by atoms with E-state index < -0.39 is 0 Å². The van der Waals surface area contributed by atoms with Crippen LogP contribution in [-0.2, 0) is 17.6 Å². The molecule has 0 unspecified atom stereocenters. The molecule has 1 amide bonds. The van der Waals surface area contributed by atoms with Gasteiger partial charge in [0.15, 0.2) is 23.2 Å². The molecule has 0 saturated heterocycles. The van der Waals surface area contributed by atoms with E-state index in [9.17, 15) is 4.79 Å². The molecule has 0 radical (unpaired) electrons. The average Bonchev–Trinajstić information content (AvgIpc) is 3.26. The van der Waals surface area contributed by atoms with Gasteiger partial charge in [-0.05, 0) is 17.4 Å². The molecule has 0 fully saturated rings. The van der Waals surface area contributed by atoms with Crippen molar-refractivity contribution in [1.82, 2.24) is 30.2 Å². The highest BCUT2D eigenvalue weighted by Crippen LogP contribution is 2.29. The van der Waals surface area contributed by atoms with Crippen molar-refractivity contribution in [1.29, 1.82) is 0 Å². The van der Waals surface area contributed by atoms with E-state index in [1.54, 1.807) is 24.0 Å². The summed E-state index contributed by atoms with van der Waals surface area (Å²) in [7, 11) is 3.28. The molecule has 1 N–H and O–H groups in total. The second-order valence-corrected chi connectivity index (χ2v) is 7.13. The van der Waals surface area contributed by atoms with Gasteiger partial charge in [-0.2, -0.15) is 0 Å². The fraction of sp³-hybridized carbons (Fsp3) is 0.333. The second-order valence-electron chi connectivity index (χ2n) is 5.33. The van der Waals surface area contributed by atoms with Gasteiger partial charge in [-0.1, -0.05) is 11.8 Å². The first kappa shape index (κ1) is 19.0. The Labute approximate surface area is 163 Å². The van der Waals surface area contributed by atoms with Crippen LogP contribution in [0, 0.1) is 6.92 Å². The van der Waals surface area contributed by atoms with Crippen LogP contribution >= 0.6 is 23.1 Å². The number of nitrogens with one attached hydrogen (secondary N) is 1. The van der Waals surface area contributed by atoms with Crippen molar-refractivity contribution in [3.63, 3.8) is 0 Å². The Morgan fingerprint density at radius 3 is 2.93 bits per heavy atom. The Bertz CT molecular complexity index is 928. The Kier molecular flexibility index (Phi) is 6.19. The summed E-state index contributed by atoms with van der Waals surface area (Å²) in [5.74, 6) is 1.12. The minimum Gasteiger partial charge on any atom is -0.491 e. The Hall–Kier alpha value is -2.73. The average molecular weight is 407 g/mol. The zero-order valence-electron chi connectivity index (χ0n) is 14.9. The number of amides is 1. The van der Waals surface area contributed by atoms with Gasteiger partial charge >= 0.3 is 0 Å². The third kappa shape index (κ3) is 5.14. The van der Waals surface area contributed by atoms with Gasteiger partial charge < -0.3 is 9.47 Å². The summed E-state index contributed by atoms with van der Waals surface area (Å²) in [6.45, 7) is 1.69. The molecule has 3 rings (SSSR count). The number of anilines is 1. The van der Waals surface area contributed by atoms with Crippen LogP contribution in [0.25, 0.3) is 0 Å². The number of hydrogen-bond donors (Lipinski definition) is 1. The van der Waals surface area contributed by atoms with E-state index in [4.69, 9.17) is 9.47 Å². The number of rotatable bonds is 8. The molecule has 12 heteroatoms. The third-order valence-corrected chi connectivity index (χ3v) is 5.18. The zero-order valence-corrected chi connectivity index (χ0v) is 16.5. The number of carbonyl (C=O) groups excluding carboxylic acids is 1. The van der Waals surface area contributed by atoms with E-state index >= 15 is 0 Å². The molecule has 0 aromatic carbocycles. The van der Waals surface area contributed by atoms with Gasteiger partial charge in [-0.15, -0.1) is 16.4 Å². The van der Waals surface area contributed by atoms with Crippen LogP contribution in [0.3, 0.4) is 0 Å². The van der Waals surface area contributed by atoms with Crippen LogP contribution in [0.4, 0.5) is 5.13 Å². The standard InChI is InChI=1S/C15H17N7O3S2/c1-9-7-26-14(17-9)18-13(23)6-25-11-4-10(16-5-12(11)24-3)8-27-15-19-20-21-22(15)2/h4-5,7H,6,8H2,1-3H3,(H,17,18,23). The smallest absolute Gasteiger partial charge is 0.264 e. The Morgan fingerprint density at radius 2 is 2.26 bits per heavy atom. The highest BCUT2D eigenvalue weighted by Gasteiger charge is 2.12. The summed E-state index contributed by atoms with van der Waals surface area (Å²) < 4.78 is 12.4. The number of aryl methyl sites for hydroxylation is 2. The topological polar surface area (TPSA) is 117 Å². The molecular weight excluding hydrogens is 390 g/mol. The minimum atomic E-state index is -0.302. The van der Waals surface area contributed by atoms with Gasteiger partial charge in [-0.25, -0.2) is 9.67 Å². The van der Waals surface area contributed by atoms with Crippen LogP contribution in [0.2, 0.25) is 0 Å².